The Hall–Kier alpha value is -1.02. The normalized spacial score (nSPS) is 40.8. The number of aliphatic hydroxyl groups is 1. The molecular formula is C23H34O2. The summed E-state index contributed by atoms with van der Waals surface area (Å²) in [4.78, 5) is 0. The quantitative estimate of drug-likeness (QED) is 0.819. The Labute approximate surface area is 153 Å². The van der Waals surface area contributed by atoms with Crippen molar-refractivity contribution in [1.29, 1.82) is 0 Å². The summed E-state index contributed by atoms with van der Waals surface area (Å²) >= 11 is 0. The number of aliphatic hydroxyl groups excluding tert-OH is 1. The standard InChI is InChI=1S/C23H34O2/c1-5-14(2)20-13-21(24)23(3)11-10-18-17-9-7-16(25-4)12-15(17)6-8-19(18)22(20)23/h7,9,12,14,18-22,24H,5-6,8,10-11,13H2,1-4H3/t14?,18-,19-,20+,21+,22-,23-/m1/s1. The molecular weight excluding hydrogens is 308 g/mol. The molecule has 0 aromatic heterocycles. The number of methoxy groups -OCH3 is 1. The van der Waals surface area contributed by atoms with Crippen LogP contribution in [-0.4, -0.2) is 18.3 Å². The summed E-state index contributed by atoms with van der Waals surface area (Å²) in [5.74, 6) is 4.52. The first-order valence-corrected chi connectivity index (χ1v) is 10.3. The predicted octanol–water partition coefficient (Wildman–Crippen LogP) is 5.18. The van der Waals surface area contributed by atoms with Crippen LogP contribution >= 0.6 is 0 Å². The van der Waals surface area contributed by atoms with Crippen LogP contribution in [0.5, 0.6) is 5.75 Å². The highest BCUT2D eigenvalue weighted by molar-refractivity contribution is 5.40. The molecule has 138 valence electrons. The van der Waals surface area contributed by atoms with Gasteiger partial charge in [0.2, 0.25) is 0 Å². The van der Waals surface area contributed by atoms with Crippen molar-refractivity contribution in [2.75, 3.05) is 7.11 Å². The van der Waals surface area contributed by atoms with Crippen LogP contribution in [0.1, 0.15) is 69.9 Å². The van der Waals surface area contributed by atoms with E-state index in [9.17, 15) is 5.11 Å². The molecule has 0 radical (unpaired) electrons. The largest absolute Gasteiger partial charge is 0.497 e. The van der Waals surface area contributed by atoms with Gasteiger partial charge in [0.25, 0.3) is 0 Å². The molecule has 1 N–H and O–H groups in total. The molecule has 0 heterocycles. The highest BCUT2D eigenvalue weighted by atomic mass is 16.5. The molecule has 0 saturated heterocycles. The van der Waals surface area contributed by atoms with Crippen LogP contribution in [0.3, 0.4) is 0 Å². The summed E-state index contributed by atoms with van der Waals surface area (Å²) in [5, 5.41) is 10.9. The number of benzene rings is 1. The van der Waals surface area contributed by atoms with Gasteiger partial charge in [-0.15, -0.1) is 0 Å². The zero-order chi connectivity index (χ0) is 17.8. The minimum atomic E-state index is -0.102. The molecule has 2 nitrogen and oxygen atoms in total. The number of ether oxygens (including phenoxy) is 1. The lowest BCUT2D eigenvalue weighted by Crippen LogP contribution is -2.46. The Kier molecular flexibility index (Phi) is 4.38. The molecule has 0 amide bonds. The highest BCUT2D eigenvalue weighted by Crippen LogP contribution is 2.64. The molecule has 2 saturated carbocycles. The number of rotatable bonds is 3. The molecule has 1 aromatic carbocycles. The maximum atomic E-state index is 10.9. The first kappa shape index (κ1) is 17.4. The monoisotopic (exact) mass is 342 g/mol. The first-order chi connectivity index (χ1) is 12.0. The lowest BCUT2D eigenvalue weighted by Gasteiger charge is -2.52. The lowest BCUT2D eigenvalue weighted by molar-refractivity contribution is -0.0341. The third-order valence-corrected chi connectivity index (χ3v) is 8.32. The van der Waals surface area contributed by atoms with Crippen molar-refractivity contribution >= 4 is 0 Å². The summed E-state index contributed by atoms with van der Waals surface area (Å²) in [6.45, 7) is 7.12. The maximum absolute atomic E-state index is 10.9. The first-order valence-electron chi connectivity index (χ1n) is 10.3. The van der Waals surface area contributed by atoms with E-state index in [4.69, 9.17) is 4.74 Å². The van der Waals surface area contributed by atoms with Crippen molar-refractivity contribution < 1.29 is 9.84 Å². The van der Waals surface area contributed by atoms with Crippen molar-refractivity contribution in [2.24, 2.45) is 29.1 Å². The average Bonchev–Trinajstić information content (AvgIpc) is 2.91. The molecule has 4 rings (SSSR count). The zero-order valence-corrected chi connectivity index (χ0v) is 16.3. The number of aryl methyl sites for hydroxylation is 1. The maximum Gasteiger partial charge on any atom is 0.119 e. The van der Waals surface area contributed by atoms with Gasteiger partial charge in [-0.2, -0.15) is 0 Å². The van der Waals surface area contributed by atoms with Crippen LogP contribution in [0.15, 0.2) is 18.2 Å². The predicted molar refractivity (Wildman–Crippen MR) is 102 cm³/mol. The lowest BCUT2D eigenvalue weighted by atomic mass is 9.53. The van der Waals surface area contributed by atoms with Crippen molar-refractivity contribution in [2.45, 2.75) is 71.3 Å². The van der Waals surface area contributed by atoms with Gasteiger partial charge in [0.05, 0.1) is 13.2 Å². The van der Waals surface area contributed by atoms with Gasteiger partial charge >= 0.3 is 0 Å². The third-order valence-electron chi connectivity index (χ3n) is 8.32. The number of fused-ring (bicyclic) bond motifs is 5. The van der Waals surface area contributed by atoms with E-state index in [0.29, 0.717) is 17.8 Å². The molecule has 0 bridgehead atoms. The van der Waals surface area contributed by atoms with Crippen molar-refractivity contribution in [3.63, 3.8) is 0 Å². The van der Waals surface area contributed by atoms with Crippen molar-refractivity contribution in [1.82, 2.24) is 0 Å². The highest BCUT2D eigenvalue weighted by Gasteiger charge is 2.59. The van der Waals surface area contributed by atoms with Crippen LogP contribution in [0.4, 0.5) is 0 Å². The van der Waals surface area contributed by atoms with Crippen molar-refractivity contribution in [3.8, 4) is 5.75 Å². The summed E-state index contributed by atoms with van der Waals surface area (Å²) in [5.41, 5.74) is 3.21. The molecule has 0 spiro atoms. The van der Waals surface area contributed by atoms with Crippen LogP contribution in [0.2, 0.25) is 0 Å². The Morgan fingerprint density at radius 3 is 2.84 bits per heavy atom. The van der Waals surface area contributed by atoms with Crippen LogP contribution in [-0.2, 0) is 6.42 Å². The van der Waals surface area contributed by atoms with Gasteiger partial charge in [-0.25, -0.2) is 0 Å². The van der Waals surface area contributed by atoms with E-state index in [1.165, 1.54) is 37.7 Å². The minimum Gasteiger partial charge on any atom is -0.497 e. The number of hydrogen-bond acceptors (Lipinski definition) is 2. The summed E-state index contributed by atoms with van der Waals surface area (Å²) in [6, 6.07) is 6.73. The van der Waals surface area contributed by atoms with Gasteiger partial charge in [0.15, 0.2) is 0 Å². The fraction of sp³-hybridized carbons (Fsp3) is 0.739. The summed E-state index contributed by atoms with van der Waals surface area (Å²) < 4.78 is 5.45. The minimum absolute atomic E-state index is 0.102. The Bertz CT molecular complexity index is 639. The van der Waals surface area contributed by atoms with E-state index < -0.39 is 0 Å². The topological polar surface area (TPSA) is 29.5 Å². The second-order valence-corrected chi connectivity index (χ2v) is 9.24. The van der Waals surface area contributed by atoms with E-state index >= 15 is 0 Å². The van der Waals surface area contributed by atoms with Crippen LogP contribution in [0, 0.1) is 29.1 Å². The van der Waals surface area contributed by atoms with E-state index in [2.05, 4.69) is 39.0 Å². The second kappa shape index (κ2) is 6.30. The van der Waals surface area contributed by atoms with E-state index in [-0.39, 0.29) is 11.5 Å². The molecule has 25 heavy (non-hydrogen) atoms. The smallest absolute Gasteiger partial charge is 0.119 e. The molecule has 1 aromatic rings. The van der Waals surface area contributed by atoms with Gasteiger partial charge < -0.3 is 9.84 Å². The Morgan fingerprint density at radius 2 is 2.12 bits per heavy atom. The van der Waals surface area contributed by atoms with Gasteiger partial charge in [0.1, 0.15) is 5.75 Å². The molecule has 3 aliphatic rings. The van der Waals surface area contributed by atoms with E-state index in [1.807, 2.05) is 0 Å². The number of hydrogen-bond donors (Lipinski definition) is 1. The third kappa shape index (κ3) is 2.55. The van der Waals surface area contributed by atoms with E-state index in [1.54, 1.807) is 12.7 Å². The van der Waals surface area contributed by atoms with E-state index in [0.717, 1.165) is 24.0 Å². The van der Waals surface area contributed by atoms with Gasteiger partial charge in [-0.05, 0) is 90.4 Å². The Balaban J connectivity index is 1.70. The molecule has 1 unspecified atom stereocenters. The molecule has 2 fully saturated rings. The van der Waals surface area contributed by atoms with Crippen molar-refractivity contribution in [3.05, 3.63) is 29.3 Å². The Morgan fingerprint density at radius 1 is 1.32 bits per heavy atom. The van der Waals surface area contributed by atoms with Crippen LogP contribution in [0.25, 0.3) is 0 Å². The summed E-state index contributed by atoms with van der Waals surface area (Å²) in [7, 11) is 1.76. The molecule has 3 aliphatic carbocycles. The van der Waals surface area contributed by atoms with Gasteiger partial charge in [-0.3, -0.25) is 0 Å². The van der Waals surface area contributed by atoms with Gasteiger partial charge in [-0.1, -0.05) is 33.3 Å². The molecule has 2 heteroatoms. The zero-order valence-electron chi connectivity index (χ0n) is 16.3. The fourth-order valence-electron chi connectivity index (χ4n) is 6.72. The second-order valence-electron chi connectivity index (χ2n) is 9.24. The van der Waals surface area contributed by atoms with Gasteiger partial charge in [0, 0.05) is 0 Å². The van der Waals surface area contributed by atoms with Crippen LogP contribution < -0.4 is 4.74 Å². The molecule has 7 atom stereocenters. The SMILES string of the molecule is CCC(C)[C@@H]1C[C@H](O)[C@@]2(C)CC[C@@H]3c4ccc(OC)cc4CC[C@H]3[C@H]12. The molecule has 0 aliphatic heterocycles. The fourth-order valence-corrected chi connectivity index (χ4v) is 6.72. The average molecular weight is 343 g/mol. The summed E-state index contributed by atoms with van der Waals surface area (Å²) in [6.07, 6.45) is 7.02.